The number of benzene rings is 1. The van der Waals surface area contributed by atoms with Gasteiger partial charge in [-0.3, -0.25) is 0 Å². The molecular formula is C14H14N4O3. The number of nitrogens with zero attached hydrogens (tertiary/aromatic N) is 4. The maximum Gasteiger partial charge on any atom is 0.203 e. The molecule has 3 aromatic rings. The first-order valence-electron chi connectivity index (χ1n) is 6.23. The normalized spacial score (nSPS) is 10.6. The topological polar surface area (TPSA) is 70.8 Å². The Balaban J connectivity index is 2.25. The van der Waals surface area contributed by atoms with Crippen molar-refractivity contribution in [3.8, 4) is 28.6 Å². The number of hydrogen-bond donors (Lipinski definition) is 0. The van der Waals surface area contributed by atoms with E-state index in [2.05, 4.69) is 15.1 Å². The van der Waals surface area contributed by atoms with E-state index in [0.717, 1.165) is 5.56 Å². The molecule has 0 N–H and O–H groups in total. The molecule has 7 heteroatoms. The van der Waals surface area contributed by atoms with Gasteiger partial charge in [-0.25, -0.2) is 9.97 Å². The summed E-state index contributed by atoms with van der Waals surface area (Å²) in [5, 5.41) is 4.18. The first kappa shape index (κ1) is 13.2. The van der Waals surface area contributed by atoms with Gasteiger partial charge in [0.1, 0.15) is 6.33 Å². The first-order valence-corrected chi connectivity index (χ1v) is 6.23. The number of rotatable bonds is 4. The minimum atomic E-state index is 0.537. The van der Waals surface area contributed by atoms with E-state index >= 15 is 0 Å². The van der Waals surface area contributed by atoms with Crippen LogP contribution in [-0.4, -0.2) is 40.9 Å². The van der Waals surface area contributed by atoms with Crippen molar-refractivity contribution in [2.24, 2.45) is 0 Å². The van der Waals surface area contributed by atoms with E-state index in [4.69, 9.17) is 14.2 Å². The summed E-state index contributed by atoms with van der Waals surface area (Å²) in [4.78, 5) is 8.51. The van der Waals surface area contributed by atoms with Crippen LogP contribution in [0, 0.1) is 0 Å². The highest BCUT2D eigenvalue weighted by Gasteiger charge is 2.16. The highest BCUT2D eigenvalue weighted by molar-refractivity contribution is 5.67. The summed E-state index contributed by atoms with van der Waals surface area (Å²) < 4.78 is 17.7. The molecule has 0 unspecified atom stereocenters. The third-order valence-electron chi connectivity index (χ3n) is 3.12. The van der Waals surface area contributed by atoms with Crippen molar-refractivity contribution in [2.75, 3.05) is 21.3 Å². The highest BCUT2D eigenvalue weighted by Crippen LogP contribution is 2.40. The summed E-state index contributed by atoms with van der Waals surface area (Å²) >= 11 is 0. The van der Waals surface area contributed by atoms with E-state index in [-0.39, 0.29) is 0 Å². The van der Waals surface area contributed by atoms with Crippen LogP contribution in [0.15, 0.2) is 30.7 Å². The molecule has 0 fully saturated rings. The number of methoxy groups -OCH3 is 3. The van der Waals surface area contributed by atoms with Crippen molar-refractivity contribution in [2.45, 2.75) is 0 Å². The van der Waals surface area contributed by atoms with Crippen LogP contribution in [0.1, 0.15) is 0 Å². The van der Waals surface area contributed by atoms with Gasteiger partial charge >= 0.3 is 0 Å². The molecule has 1 aromatic carbocycles. The summed E-state index contributed by atoms with van der Waals surface area (Å²) in [5.74, 6) is 2.30. The van der Waals surface area contributed by atoms with Gasteiger partial charge in [0.2, 0.25) is 5.75 Å². The molecule has 0 saturated carbocycles. The molecule has 21 heavy (non-hydrogen) atoms. The molecule has 0 bridgehead atoms. The molecule has 0 radical (unpaired) electrons. The fourth-order valence-corrected chi connectivity index (χ4v) is 2.16. The van der Waals surface area contributed by atoms with Crippen LogP contribution in [0.4, 0.5) is 0 Å². The Morgan fingerprint density at radius 2 is 1.67 bits per heavy atom. The third kappa shape index (κ3) is 2.12. The van der Waals surface area contributed by atoms with E-state index in [1.807, 2.05) is 12.1 Å². The van der Waals surface area contributed by atoms with Crippen molar-refractivity contribution in [1.82, 2.24) is 19.6 Å². The lowest BCUT2D eigenvalue weighted by molar-refractivity contribution is 0.324. The lowest BCUT2D eigenvalue weighted by Gasteiger charge is -2.14. The smallest absolute Gasteiger partial charge is 0.203 e. The molecule has 0 amide bonds. The second-order valence-corrected chi connectivity index (χ2v) is 4.21. The van der Waals surface area contributed by atoms with Gasteiger partial charge in [0.15, 0.2) is 23.0 Å². The number of hydrogen-bond acceptors (Lipinski definition) is 6. The average Bonchev–Trinajstić information content (AvgIpc) is 3.01. The Kier molecular flexibility index (Phi) is 3.31. The summed E-state index contributed by atoms with van der Waals surface area (Å²) in [6, 6.07) is 5.43. The molecule has 108 valence electrons. The quantitative estimate of drug-likeness (QED) is 0.728. The van der Waals surface area contributed by atoms with Gasteiger partial charge in [-0.1, -0.05) is 0 Å². The predicted molar refractivity (Wildman–Crippen MR) is 75.9 cm³/mol. The lowest BCUT2D eigenvalue weighted by atomic mass is 10.1. The van der Waals surface area contributed by atoms with E-state index in [1.165, 1.54) is 6.33 Å². The number of aromatic nitrogens is 4. The Bertz CT molecular complexity index is 760. The van der Waals surface area contributed by atoms with Crippen molar-refractivity contribution in [1.29, 1.82) is 0 Å². The van der Waals surface area contributed by atoms with E-state index in [1.54, 1.807) is 38.1 Å². The predicted octanol–water partition coefficient (Wildman–Crippen LogP) is 1.82. The van der Waals surface area contributed by atoms with Gasteiger partial charge in [0.05, 0.1) is 21.3 Å². The van der Waals surface area contributed by atoms with Gasteiger partial charge < -0.3 is 14.2 Å². The Morgan fingerprint density at radius 1 is 0.952 bits per heavy atom. The van der Waals surface area contributed by atoms with Gasteiger partial charge in [-0.2, -0.15) is 9.61 Å². The summed E-state index contributed by atoms with van der Waals surface area (Å²) in [6.45, 7) is 0. The third-order valence-corrected chi connectivity index (χ3v) is 3.12. The molecular weight excluding hydrogens is 272 g/mol. The van der Waals surface area contributed by atoms with Gasteiger partial charge in [-0.05, 0) is 12.1 Å². The van der Waals surface area contributed by atoms with Crippen LogP contribution in [-0.2, 0) is 0 Å². The minimum absolute atomic E-state index is 0.537. The molecule has 2 aromatic heterocycles. The summed E-state index contributed by atoms with van der Waals surface area (Å²) in [7, 11) is 4.71. The Hall–Kier alpha value is -2.83. The standard InChI is InChI=1S/C14H14N4O3/c1-19-10-6-9(7-11(20-2)13(10)21-3)14-15-5-4-12-16-8-17-18(12)14/h4-8H,1-3H3. The highest BCUT2D eigenvalue weighted by atomic mass is 16.5. The molecule has 0 atom stereocenters. The molecule has 2 heterocycles. The minimum Gasteiger partial charge on any atom is -0.493 e. The fourth-order valence-electron chi connectivity index (χ4n) is 2.16. The largest absolute Gasteiger partial charge is 0.493 e. The second-order valence-electron chi connectivity index (χ2n) is 4.21. The molecule has 0 aliphatic rings. The maximum atomic E-state index is 5.36. The fraction of sp³-hybridized carbons (Fsp3) is 0.214. The van der Waals surface area contributed by atoms with Crippen LogP contribution < -0.4 is 14.2 Å². The molecule has 0 aliphatic carbocycles. The Labute approximate surface area is 121 Å². The first-order chi connectivity index (χ1) is 10.3. The Morgan fingerprint density at radius 3 is 2.29 bits per heavy atom. The second kappa shape index (κ2) is 5.28. The molecule has 0 spiro atoms. The van der Waals surface area contributed by atoms with Gasteiger partial charge in [0.25, 0.3) is 0 Å². The van der Waals surface area contributed by atoms with Crippen LogP contribution in [0.25, 0.3) is 17.0 Å². The van der Waals surface area contributed by atoms with Crippen LogP contribution >= 0.6 is 0 Å². The van der Waals surface area contributed by atoms with Gasteiger partial charge in [-0.15, -0.1) is 0 Å². The van der Waals surface area contributed by atoms with Crippen LogP contribution in [0.2, 0.25) is 0 Å². The molecule has 3 rings (SSSR count). The molecule has 0 saturated heterocycles. The van der Waals surface area contributed by atoms with E-state index in [9.17, 15) is 0 Å². The van der Waals surface area contributed by atoms with Crippen LogP contribution in [0.5, 0.6) is 17.2 Å². The van der Waals surface area contributed by atoms with Crippen molar-refractivity contribution in [3.63, 3.8) is 0 Å². The number of ether oxygens (including phenoxy) is 3. The zero-order chi connectivity index (χ0) is 14.8. The number of fused-ring (bicyclic) bond motifs is 1. The SMILES string of the molecule is COc1cc(-c2nccc3ncnn23)cc(OC)c1OC. The van der Waals surface area contributed by atoms with E-state index < -0.39 is 0 Å². The van der Waals surface area contributed by atoms with Crippen molar-refractivity contribution >= 4 is 5.65 Å². The average molecular weight is 286 g/mol. The van der Waals surface area contributed by atoms with E-state index in [0.29, 0.717) is 28.7 Å². The summed E-state index contributed by atoms with van der Waals surface area (Å²) in [6.07, 6.45) is 3.17. The van der Waals surface area contributed by atoms with Gasteiger partial charge in [0, 0.05) is 17.8 Å². The van der Waals surface area contributed by atoms with Crippen molar-refractivity contribution in [3.05, 3.63) is 30.7 Å². The monoisotopic (exact) mass is 286 g/mol. The van der Waals surface area contributed by atoms with Crippen LogP contribution in [0.3, 0.4) is 0 Å². The molecule has 7 nitrogen and oxygen atoms in total. The lowest BCUT2D eigenvalue weighted by Crippen LogP contribution is -2.00. The zero-order valence-electron chi connectivity index (χ0n) is 11.9. The summed E-state index contributed by atoms with van der Waals surface area (Å²) in [5.41, 5.74) is 1.51. The zero-order valence-corrected chi connectivity index (χ0v) is 11.9. The van der Waals surface area contributed by atoms with Crippen molar-refractivity contribution < 1.29 is 14.2 Å². The molecule has 0 aliphatic heterocycles. The maximum absolute atomic E-state index is 5.36.